The summed E-state index contributed by atoms with van der Waals surface area (Å²) in [5.41, 5.74) is 0. The summed E-state index contributed by atoms with van der Waals surface area (Å²) in [6, 6.07) is 0.719. The molecule has 96 valence electrons. The molecule has 0 aromatic carbocycles. The predicted octanol–water partition coefficient (Wildman–Crippen LogP) is 3.21. The van der Waals surface area contributed by atoms with E-state index < -0.39 is 0 Å². The van der Waals surface area contributed by atoms with Crippen molar-refractivity contribution in [2.75, 3.05) is 5.32 Å². The van der Waals surface area contributed by atoms with Gasteiger partial charge in [-0.25, -0.2) is 4.98 Å². The topological polar surface area (TPSA) is 63.8 Å². The molecular weight excluding hydrogens is 248 g/mol. The van der Waals surface area contributed by atoms with Gasteiger partial charge >= 0.3 is 6.01 Å². The van der Waals surface area contributed by atoms with Gasteiger partial charge in [-0.05, 0) is 18.8 Å². The minimum Gasteiger partial charge on any atom is -0.328 e. The van der Waals surface area contributed by atoms with Gasteiger partial charge in [-0.1, -0.05) is 19.0 Å². The van der Waals surface area contributed by atoms with E-state index in [1.807, 2.05) is 25.4 Å². The van der Waals surface area contributed by atoms with Gasteiger partial charge in [-0.15, -0.1) is 11.3 Å². The van der Waals surface area contributed by atoms with Crippen LogP contribution in [0.3, 0.4) is 0 Å². The van der Waals surface area contributed by atoms with E-state index in [0.717, 1.165) is 10.8 Å². The van der Waals surface area contributed by atoms with E-state index in [-0.39, 0.29) is 12.0 Å². The van der Waals surface area contributed by atoms with Crippen molar-refractivity contribution in [3.8, 4) is 0 Å². The molecule has 0 spiro atoms. The van der Waals surface area contributed by atoms with Crippen LogP contribution >= 0.6 is 11.3 Å². The van der Waals surface area contributed by atoms with Crippen LogP contribution in [0.4, 0.5) is 6.01 Å². The molecule has 2 heterocycles. The first kappa shape index (κ1) is 11.6. The molecular formula is C12H16N4OS. The highest BCUT2D eigenvalue weighted by atomic mass is 32.1. The second-order valence-corrected chi connectivity index (χ2v) is 5.87. The molecule has 5 nitrogen and oxygen atoms in total. The minimum atomic E-state index is 0.213. The zero-order valence-electron chi connectivity index (χ0n) is 10.5. The molecule has 0 radical (unpaired) electrons. The normalized spacial score (nSPS) is 17.1. The summed E-state index contributed by atoms with van der Waals surface area (Å²) in [4.78, 5) is 8.74. The maximum absolute atomic E-state index is 5.24. The van der Waals surface area contributed by atoms with E-state index >= 15 is 0 Å². The van der Waals surface area contributed by atoms with E-state index in [9.17, 15) is 0 Å². The summed E-state index contributed by atoms with van der Waals surface area (Å²) in [6.07, 6.45) is 4.31. The molecule has 2 aromatic heterocycles. The average Bonchev–Trinajstić information content (AvgIpc) is 2.88. The quantitative estimate of drug-likeness (QED) is 0.898. The molecule has 0 saturated heterocycles. The Morgan fingerprint density at radius 1 is 1.44 bits per heavy atom. The molecule has 6 heteroatoms. The molecule has 1 unspecified atom stereocenters. The van der Waals surface area contributed by atoms with Crippen LogP contribution in [0.2, 0.25) is 0 Å². The highest BCUT2D eigenvalue weighted by molar-refractivity contribution is 7.09. The Hall–Kier alpha value is -1.43. The summed E-state index contributed by atoms with van der Waals surface area (Å²) in [5.74, 6) is 1.67. The maximum Gasteiger partial charge on any atom is 0.322 e. The number of nitrogens with one attached hydrogen (secondary N) is 1. The Morgan fingerprint density at radius 2 is 2.28 bits per heavy atom. The zero-order chi connectivity index (χ0) is 12.5. The van der Waals surface area contributed by atoms with Crippen molar-refractivity contribution in [1.82, 2.24) is 15.1 Å². The van der Waals surface area contributed by atoms with Crippen molar-refractivity contribution in [3.05, 3.63) is 22.4 Å². The molecule has 3 rings (SSSR count). The van der Waals surface area contributed by atoms with E-state index in [0.29, 0.717) is 11.9 Å². The lowest BCUT2D eigenvalue weighted by atomic mass is 10.2. The second-order valence-electron chi connectivity index (χ2n) is 4.94. The molecule has 1 fully saturated rings. The van der Waals surface area contributed by atoms with Gasteiger partial charge in [0.1, 0.15) is 5.01 Å². The third-order valence-electron chi connectivity index (χ3n) is 3.05. The smallest absolute Gasteiger partial charge is 0.322 e. The average molecular weight is 264 g/mol. The molecule has 18 heavy (non-hydrogen) atoms. The zero-order valence-corrected chi connectivity index (χ0v) is 11.3. The monoisotopic (exact) mass is 264 g/mol. The fraction of sp³-hybridized carbons (Fsp3) is 0.583. The van der Waals surface area contributed by atoms with Crippen molar-refractivity contribution in [2.24, 2.45) is 5.92 Å². The Bertz CT molecular complexity index is 504. The summed E-state index contributed by atoms with van der Waals surface area (Å²) in [6.45, 7) is 4.10. The van der Waals surface area contributed by atoms with Crippen LogP contribution in [0.15, 0.2) is 16.1 Å². The van der Waals surface area contributed by atoms with Crippen LogP contribution in [-0.4, -0.2) is 15.1 Å². The van der Waals surface area contributed by atoms with Crippen LogP contribution in [0.5, 0.6) is 0 Å². The van der Waals surface area contributed by atoms with E-state index in [4.69, 9.17) is 4.52 Å². The number of rotatable bonds is 5. The van der Waals surface area contributed by atoms with Crippen LogP contribution in [0, 0.1) is 5.92 Å². The molecule has 0 bridgehead atoms. The fourth-order valence-electron chi connectivity index (χ4n) is 1.86. The third-order valence-corrected chi connectivity index (χ3v) is 3.91. The lowest BCUT2D eigenvalue weighted by Gasteiger charge is -2.13. The van der Waals surface area contributed by atoms with Crippen LogP contribution in [-0.2, 0) is 0 Å². The van der Waals surface area contributed by atoms with Gasteiger partial charge in [0.05, 0.1) is 6.04 Å². The van der Waals surface area contributed by atoms with Crippen molar-refractivity contribution in [2.45, 2.75) is 38.6 Å². The first-order valence-electron chi connectivity index (χ1n) is 6.23. The Balaban J connectivity index is 1.76. The van der Waals surface area contributed by atoms with Crippen molar-refractivity contribution in [1.29, 1.82) is 0 Å². The van der Waals surface area contributed by atoms with Crippen LogP contribution < -0.4 is 5.32 Å². The standard InChI is InChI=1S/C12H16N4OS/c1-7(2)10-15-12(17-16-10)14-9(8-3-4-8)11-13-5-6-18-11/h5-9H,3-4H2,1-2H3,(H,14,15,16). The highest BCUT2D eigenvalue weighted by Gasteiger charge is 2.35. The summed E-state index contributed by atoms with van der Waals surface area (Å²) in [7, 11) is 0. The first-order chi connectivity index (χ1) is 8.74. The number of thiazole rings is 1. The molecule has 1 aliphatic carbocycles. The first-order valence-corrected chi connectivity index (χ1v) is 7.11. The molecule has 2 aromatic rings. The van der Waals surface area contributed by atoms with E-state index in [1.54, 1.807) is 11.3 Å². The Labute approximate surface area is 110 Å². The SMILES string of the molecule is CC(C)c1noc(NC(c2nccs2)C2CC2)n1. The summed E-state index contributed by atoms with van der Waals surface area (Å²) < 4.78 is 5.24. The Morgan fingerprint density at radius 3 is 2.83 bits per heavy atom. The largest absolute Gasteiger partial charge is 0.328 e. The molecule has 0 aliphatic heterocycles. The molecule has 1 atom stereocenters. The van der Waals surface area contributed by atoms with Gasteiger partial charge in [-0.3, -0.25) is 0 Å². The lowest BCUT2D eigenvalue weighted by Crippen LogP contribution is -2.12. The van der Waals surface area contributed by atoms with E-state index in [1.165, 1.54) is 12.8 Å². The van der Waals surface area contributed by atoms with Gasteiger partial charge in [0.25, 0.3) is 0 Å². The van der Waals surface area contributed by atoms with Gasteiger partial charge < -0.3 is 9.84 Å². The molecule has 0 amide bonds. The van der Waals surface area contributed by atoms with Gasteiger partial charge in [0.15, 0.2) is 5.82 Å². The number of nitrogens with zero attached hydrogens (tertiary/aromatic N) is 3. The fourth-order valence-corrected chi connectivity index (χ4v) is 2.64. The predicted molar refractivity (Wildman–Crippen MR) is 69.6 cm³/mol. The van der Waals surface area contributed by atoms with Crippen LogP contribution in [0.25, 0.3) is 0 Å². The molecule has 1 saturated carbocycles. The van der Waals surface area contributed by atoms with Crippen molar-refractivity contribution < 1.29 is 4.52 Å². The Kier molecular flexibility index (Phi) is 3.03. The van der Waals surface area contributed by atoms with Gasteiger partial charge in [0, 0.05) is 17.5 Å². The number of aromatic nitrogens is 3. The van der Waals surface area contributed by atoms with Gasteiger partial charge in [0.2, 0.25) is 0 Å². The maximum atomic E-state index is 5.24. The summed E-state index contributed by atoms with van der Waals surface area (Å²) in [5, 5.41) is 10.4. The minimum absolute atomic E-state index is 0.213. The van der Waals surface area contributed by atoms with E-state index in [2.05, 4.69) is 20.4 Å². The summed E-state index contributed by atoms with van der Waals surface area (Å²) >= 11 is 1.67. The number of anilines is 1. The van der Waals surface area contributed by atoms with Gasteiger partial charge in [-0.2, -0.15) is 4.98 Å². The second kappa shape index (κ2) is 4.68. The lowest BCUT2D eigenvalue weighted by molar-refractivity contribution is 0.413. The third kappa shape index (κ3) is 2.38. The number of hydrogen-bond donors (Lipinski definition) is 1. The molecule has 1 aliphatic rings. The van der Waals surface area contributed by atoms with Crippen molar-refractivity contribution >= 4 is 17.4 Å². The molecule has 1 N–H and O–H groups in total. The number of hydrogen-bond acceptors (Lipinski definition) is 6. The van der Waals surface area contributed by atoms with Crippen LogP contribution in [0.1, 0.15) is 49.5 Å². The highest BCUT2D eigenvalue weighted by Crippen LogP contribution is 2.43. The van der Waals surface area contributed by atoms with Crippen molar-refractivity contribution in [3.63, 3.8) is 0 Å².